The number of carbonyl (C=O) groups is 1. The third-order valence-corrected chi connectivity index (χ3v) is 5.01. The smallest absolute Gasteiger partial charge is 0.253 e. The summed E-state index contributed by atoms with van der Waals surface area (Å²) in [6.45, 7) is 1.24. The molecule has 0 bridgehead atoms. The van der Waals surface area contributed by atoms with E-state index in [0.29, 0.717) is 12.1 Å². The third-order valence-electron chi connectivity index (χ3n) is 4.22. The lowest BCUT2D eigenvalue weighted by atomic mass is 10.2. The molecule has 26 heavy (non-hydrogen) atoms. The summed E-state index contributed by atoms with van der Waals surface area (Å²) in [6.07, 6.45) is 3.81. The maximum atomic E-state index is 12.7. The second-order valence-corrected chi connectivity index (χ2v) is 7.11. The number of hydrogen-bond acceptors (Lipinski definition) is 4. The van der Waals surface area contributed by atoms with Gasteiger partial charge in [0.1, 0.15) is 0 Å². The van der Waals surface area contributed by atoms with Gasteiger partial charge in [-0.3, -0.25) is 9.48 Å². The van der Waals surface area contributed by atoms with Crippen LogP contribution in [0.3, 0.4) is 0 Å². The Morgan fingerprint density at radius 3 is 2.85 bits per heavy atom. The molecule has 0 fully saturated rings. The minimum Gasteiger partial charge on any atom is -0.337 e. The molecule has 0 aliphatic heterocycles. The van der Waals surface area contributed by atoms with Crippen LogP contribution < -0.4 is 0 Å². The summed E-state index contributed by atoms with van der Waals surface area (Å²) >= 11 is 1.54. The molecule has 0 radical (unpaired) electrons. The van der Waals surface area contributed by atoms with E-state index in [2.05, 4.69) is 22.2 Å². The average molecular weight is 362 g/mol. The Kier molecular flexibility index (Phi) is 4.50. The van der Waals surface area contributed by atoms with E-state index in [1.165, 1.54) is 5.56 Å². The summed E-state index contributed by atoms with van der Waals surface area (Å²) in [5.41, 5.74) is 5.61. The highest BCUT2D eigenvalue weighted by atomic mass is 32.1. The van der Waals surface area contributed by atoms with Crippen LogP contribution >= 0.6 is 11.3 Å². The first kappa shape index (κ1) is 16.5. The van der Waals surface area contributed by atoms with E-state index in [4.69, 9.17) is 0 Å². The Bertz CT molecular complexity index is 1040. The van der Waals surface area contributed by atoms with Crippen molar-refractivity contribution in [1.29, 1.82) is 0 Å². The molecule has 130 valence electrons. The largest absolute Gasteiger partial charge is 0.337 e. The predicted molar refractivity (Wildman–Crippen MR) is 103 cm³/mol. The van der Waals surface area contributed by atoms with E-state index >= 15 is 0 Å². The topological polar surface area (TPSA) is 51.0 Å². The number of hydrogen-bond donors (Lipinski definition) is 0. The minimum atomic E-state index is -0.00360. The summed E-state index contributed by atoms with van der Waals surface area (Å²) < 4.78 is 2.92. The number of amides is 1. The van der Waals surface area contributed by atoms with Crippen molar-refractivity contribution >= 4 is 27.5 Å². The number of benzene rings is 2. The molecule has 5 nitrogen and oxygen atoms in total. The first-order valence-corrected chi connectivity index (χ1v) is 9.21. The zero-order chi connectivity index (χ0) is 17.9. The van der Waals surface area contributed by atoms with Crippen molar-refractivity contribution < 1.29 is 4.79 Å². The maximum absolute atomic E-state index is 12.7. The summed E-state index contributed by atoms with van der Waals surface area (Å²) in [6, 6.07) is 15.8. The van der Waals surface area contributed by atoms with Gasteiger partial charge in [-0.05, 0) is 23.8 Å². The van der Waals surface area contributed by atoms with E-state index in [1.807, 2.05) is 60.5 Å². The fourth-order valence-corrected chi connectivity index (χ4v) is 3.62. The van der Waals surface area contributed by atoms with Gasteiger partial charge in [0.05, 0.1) is 28.5 Å². The number of carbonyl (C=O) groups excluding carboxylic acids is 1. The Hall–Kier alpha value is -2.99. The van der Waals surface area contributed by atoms with Gasteiger partial charge in [-0.2, -0.15) is 5.10 Å². The first-order chi connectivity index (χ1) is 12.7. The van der Waals surface area contributed by atoms with E-state index in [-0.39, 0.29) is 5.91 Å². The van der Waals surface area contributed by atoms with Crippen LogP contribution in [0.1, 0.15) is 21.5 Å². The van der Waals surface area contributed by atoms with E-state index in [9.17, 15) is 4.79 Å². The zero-order valence-corrected chi connectivity index (χ0v) is 15.2. The maximum Gasteiger partial charge on any atom is 0.253 e. The van der Waals surface area contributed by atoms with Crippen LogP contribution in [-0.2, 0) is 13.1 Å². The molecule has 0 unspecified atom stereocenters. The Morgan fingerprint density at radius 1 is 1.15 bits per heavy atom. The van der Waals surface area contributed by atoms with Gasteiger partial charge >= 0.3 is 0 Å². The van der Waals surface area contributed by atoms with Crippen molar-refractivity contribution in [2.24, 2.45) is 0 Å². The van der Waals surface area contributed by atoms with Crippen molar-refractivity contribution in [2.75, 3.05) is 7.05 Å². The second kappa shape index (κ2) is 7.09. The zero-order valence-electron chi connectivity index (χ0n) is 14.4. The van der Waals surface area contributed by atoms with Gasteiger partial charge in [0.25, 0.3) is 5.91 Å². The molecule has 0 saturated carbocycles. The van der Waals surface area contributed by atoms with Crippen molar-refractivity contribution in [3.63, 3.8) is 0 Å². The van der Waals surface area contributed by atoms with Crippen LogP contribution in [0.4, 0.5) is 0 Å². The average Bonchev–Trinajstić information content (AvgIpc) is 3.30. The molecule has 0 aliphatic rings. The normalized spacial score (nSPS) is 11.0. The molecule has 6 heteroatoms. The van der Waals surface area contributed by atoms with Crippen molar-refractivity contribution in [2.45, 2.75) is 13.1 Å². The molecule has 0 atom stereocenters. The Labute approximate surface area is 155 Å². The third kappa shape index (κ3) is 3.50. The minimum absolute atomic E-state index is 0.00360. The molecule has 0 N–H and O–H groups in total. The molecule has 2 heterocycles. The number of nitrogens with zero attached hydrogens (tertiary/aromatic N) is 4. The lowest BCUT2D eigenvalue weighted by Crippen LogP contribution is -2.25. The highest BCUT2D eigenvalue weighted by Gasteiger charge is 2.14. The molecule has 2 aromatic heterocycles. The predicted octanol–water partition coefficient (Wildman–Crippen LogP) is 3.81. The van der Waals surface area contributed by atoms with Gasteiger partial charge in [0.2, 0.25) is 0 Å². The molecule has 0 saturated heterocycles. The molecule has 0 aliphatic carbocycles. The molecular weight excluding hydrogens is 344 g/mol. The summed E-state index contributed by atoms with van der Waals surface area (Å²) in [5, 5.41) is 4.40. The first-order valence-electron chi connectivity index (χ1n) is 8.33. The number of fused-ring (bicyclic) bond motifs is 1. The molecule has 1 amide bonds. The summed E-state index contributed by atoms with van der Waals surface area (Å²) in [7, 11) is 1.81. The van der Waals surface area contributed by atoms with E-state index in [1.54, 1.807) is 21.7 Å². The Morgan fingerprint density at radius 2 is 2.00 bits per heavy atom. The molecule has 2 aromatic carbocycles. The monoisotopic (exact) mass is 362 g/mol. The number of aromatic nitrogens is 3. The molecule has 4 aromatic rings. The van der Waals surface area contributed by atoms with Gasteiger partial charge in [0, 0.05) is 30.9 Å². The van der Waals surface area contributed by atoms with Gasteiger partial charge in [-0.15, -0.1) is 11.3 Å². The standard InChI is InChI=1S/C20H18N4OS/c1-23(20(25)17-7-8-18-19(9-17)26-14-21-18)11-16-10-22-24(13-16)12-15-5-3-2-4-6-15/h2-10,13-14H,11-12H2,1H3. The SMILES string of the molecule is CN(Cc1cnn(Cc2ccccc2)c1)C(=O)c1ccc2ncsc2c1. The second-order valence-electron chi connectivity index (χ2n) is 6.23. The van der Waals surface area contributed by atoms with Crippen LogP contribution in [0.5, 0.6) is 0 Å². The van der Waals surface area contributed by atoms with Crippen LogP contribution in [0.25, 0.3) is 10.2 Å². The molecule has 4 rings (SSSR count). The fraction of sp³-hybridized carbons (Fsp3) is 0.150. The summed E-state index contributed by atoms with van der Waals surface area (Å²) in [5.74, 6) is -0.00360. The highest BCUT2D eigenvalue weighted by molar-refractivity contribution is 7.16. The van der Waals surface area contributed by atoms with Crippen LogP contribution in [-0.4, -0.2) is 32.6 Å². The molecular formula is C20H18N4OS. The number of rotatable bonds is 5. The van der Waals surface area contributed by atoms with Gasteiger partial charge < -0.3 is 4.90 Å². The van der Waals surface area contributed by atoms with Gasteiger partial charge in [-0.25, -0.2) is 4.98 Å². The van der Waals surface area contributed by atoms with Crippen molar-refractivity contribution in [3.8, 4) is 0 Å². The fourth-order valence-electron chi connectivity index (χ4n) is 2.90. The lowest BCUT2D eigenvalue weighted by Gasteiger charge is -2.16. The summed E-state index contributed by atoms with van der Waals surface area (Å²) in [4.78, 5) is 18.7. The highest BCUT2D eigenvalue weighted by Crippen LogP contribution is 2.20. The van der Waals surface area contributed by atoms with Crippen molar-refractivity contribution in [1.82, 2.24) is 19.7 Å². The van der Waals surface area contributed by atoms with Gasteiger partial charge in [-0.1, -0.05) is 30.3 Å². The van der Waals surface area contributed by atoms with Crippen LogP contribution in [0.15, 0.2) is 66.4 Å². The van der Waals surface area contributed by atoms with Gasteiger partial charge in [0.15, 0.2) is 0 Å². The Balaban J connectivity index is 1.44. The molecule has 0 spiro atoms. The quantitative estimate of drug-likeness (QED) is 0.542. The van der Waals surface area contributed by atoms with E-state index in [0.717, 1.165) is 22.3 Å². The van der Waals surface area contributed by atoms with Crippen molar-refractivity contribution in [3.05, 3.63) is 83.1 Å². The lowest BCUT2D eigenvalue weighted by molar-refractivity contribution is 0.0785. The van der Waals surface area contributed by atoms with Crippen LogP contribution in [0.2, 0.25) is 0 Å². The van der Waals surface area contributed by atoms with Crippen LogP contribution in [0, 0.1) is 0 Å². The van der Waals surface area contributed by atoms with E-state index < -0.39 is 0 Å². The number of thiazole rings is 1.